The first-order valence-corrected chi connectivity index (χ1v) is 5.30. The summed E-state index contributed by atoms with van der Waals surface area (Å²) in [7, 11) is -0.675. The van der Waals surface area contributed by atoms with E-state index >= 15 is 0 Å². The fourth-order valence-corrected chi connectivity index (χ4v) is 2.00. The molecule has 0 aromatic rings. The highest BCUT2D eigenvalue weighted by Crippen LogP contribution is 1.92. The van der Waals surface area contributed by atoms with Gasteiger partial charge in [-0.1, -0.05) is 13.8 Å². The summed E-state index contributed by atoms with van der Waals surface area (Å²) >= 11 is 0. The summed E-state index contributed by atoms with van der Waals surface area (Å²) in [4.78, 5) is 0. The Balaban J connectivity index is 3.37. The Labute approximate surface area is 65.6 Å². The van der Waals surface area contributed by atoms with Crippen molar-refractivity contribution < 1.29 is 4.21 Å². The van der Waals surface area contributed by atoms with Gasteiger partial charge < -0.3 is 5.73 Å². The van der Waals surface area contributed by atoms with Crippen LogP contribution in [0.15, 0.2) is 0 Å². The van der Waals surface area contributed by atoms with Crippen molar-refractivity contribution in [2.24, 2.45) is 5.73 Å². The molecule has 2 N–H and O–H groups in total. The van der Waals surface area contributed by atoms with E-state index in [1.807, 2.05) is 13.8 Å². The molecule has 10 heavy (non-hydrogen) atoms. The van der Waals surface area contributed by atoms with E-state index in [9.17, 15) is 4.21 Å². The van der Waals surface area contributed by atoms with Gasteiger partial charge in [0.25, 0.3) is 0 Å². The molecule has 0 amide bonds. The molecule has 0 aromatic carbocycles. The van der Waals surface area contributed by atoms with Crippen LogP contribution in [0.25, 0.3) is 0 Å². The first-order valence-electron chi connectivity index (χ1n) is 3.81. The van der Waals surface area contributed by atoms with E-state index in [0.29, 0.717) is 5.75 Å². The second-order valence-corrected chi connectivity index (χ2v) is 4.10. The minimum Gasteiger partial charge on any atom is -0.327 e. The van der Waals surface area contributed by atoms with Crippen LogP contribution in [-0.4, -0.2) is 21.8 Å². The molecule has 0 heterocycles. The third kappa shape index (κ3) is 4.94. The van der Waals surface area contributed by atoms with Crippen LogP contribution in [0, 0.1) is 0 Å². The number of hydrogen-bond acceptors (Lipinski definition) is 2. The lowest BCUT2D eigenvalue weighted by Gasteiger charge is -2.06. The number of hydrogen-bond donors (Lipinski definition) is 1. The van der Waals surface area contributed by atoms with Crippen LogP contribution >= 0.6 is 0 Å². The predicted octanol–water partition coefficient (Wildman–Crippen LogP) is 0.882. The smallest absolute Gasteiger partial charge is 0.0386 e. The van der Waals surface area contributed by atoms with E-state index in [-0.39, 0.29) is 6.04 Å². The Morgan fingerprint density at radius 1 is 1.50 bits per heavy atom. The minimum absolute atomic E-state index is 0.132. The van der Waals surface area contributed by atoms with Crippen molar-refractivity contribution in [3.63, 3.8) is 0 Å². The fourth-order valence-electron chi connectivity index (χ4n) is 0.668. The molecule has 0 radical (unpaired) electrons. The molecule has 0 bridgehead atoms. The zero-order valence-corrected chi connectivity index (χ0v) is 7.62. The molecule has 0 fully saturated rings. The third-order valence-electron chi connectivity index (χ3n) is 1.36. The highest BCUT2D eigenvalue weighted by molar-refractivity contribution is 7.85. The van der Waals surface area contributed by atoms with Crippen LogP contribution in [0.5, 0.6) is 0 Å². The summed E-state index contributed by atoms with van der Waals surface area (Å²) in [5, 5.41) is 0. The summed E-state index contributed by atoms with van der Waals surface area (Å²) < 4.78 is 11.0. The summed E-state index contributed by atoms with van der Waals surface area (Å²) in [6, 6.07) is 0.132. The summed E-state index contributed by atoms with van der Waals surface area (Å²) in [5.41, 5.74) is 5.61. The second kappa shape index (κ2) is 5.86. The third-order valence-corrected chi connectivity index (χ3v) is 3.02. The SMILES string of the molecule is CCCS(=O)CC(N)CC. The number of nitrogens with two attached hydrogens (primary N) is 1. The quantitative estimate of drug-likeness (QED) is 0.654. The van der Waals surface area contributed by atoms with Crippen molar-refractivity contribution >= 4 is 10.8 Å². The van der Waals surface area contributed by atoms with Crippen LogP contribution in [-0.2, 0) is 10.8 Å². The highest BCUT2D eigenvalue weighted by atomic mass is 32.2. The molecule has 0 aliphatic heterocycles. The Bertz CT molecular complexity index is 106. The molecule has 0 rings (SSSR count). The van der Waals surface area contributed by atoms with Gasteiger partial charge >= 0.3 is 0 Å². The van der Waals surface area contributed by atoms with Crippen LogP contribution < -0.4 is 5.73 Å². The lowest BCUT2D eigenvalue weighted by atomic mass is 10.3. The predicted molar refractivity (Wildman–Crippen MR) is 46.4 cm³/mol. The summed E-state index contributed by atoms with van der Waals surface area (Å²) in [6.07, 6.45) is 1.92. The fraction of sp³-hybridized carbons (Fsp3) is 1.00. The van der Waals surface area contributed by atoms with Crippen molar-refractivity contribution in [2.45, 2.75) is 32.7 Å². The molecule has 3 heteroatoms. The molecule has 2 atom stereocenters. The summed E-state index contributed by atoms with van der Waals surface area (Å²) in [5.74, 6) is 1.47. The van der Waals surface area contributed by atoms with Crippen molar-refractivity contribution in [3.05, 3.63) is 0 Å². The molecule has 0 saturated heterocycles. The van der Waals surface area contributed by atoms with Crippen molar-refractivity contribution in [3.8, 4) is 0 Å². The molecule has 2 nitrogen and oxygen atoms in total. The van der Waals surface area contributed by atoms with Gasteiger partial charge in [-0.05, 0) is 12.8 Å². The van der Waals surface area contributed by atoms with Crippen LogP contribution in [0.3, 0.4) is 0 Å². The zero-order chi connectivity index (χ0) is 7.98. The maximum atomic E-state index is 11.0. The second-order valence-electron chi connectivity index (χ2n) is 2.48. The lowest BCUT2D eigenvalue weighted by Crippen LogP contribution is -2.26. The van der Waals surface area contributed by atoms with Crippen LogP contribution in [0.1, 0.15) is 26.7 Å². The van der Waals surface area contributed by atoms with Gasteiger partial charge in [0, 0.05) is 28.3 Å². The van der Waals surface area contributed by atoms with Gasteiger partial charge in [-0.15, -0.1) is 0 Å². The lowest BCUT2D eigenvalue weighted by molar-refractivity contribution is 0.662. The molecule has 2 unspecified atom stereocenters. The van der Waals surface area contributed by atoms with E-state index in [1.165, 1.54) is 0 Å². The van der Waals surface area contributed by atoms with E-state index in [1.54, 1.807) is 0 Å². The summed E-state index contributed by atoms with van der Waals surface area (Å²) in [6.45, 7) is 4.06. The molecule has 0 saturated carbocycles. The van der Waals surface area contributed by atoms with Gasteiger partial charge in [0.05, 0.1) is 0 Å². The van der Waals surface area contributed by atoms with Gasteiger partial charge in [0.1, 0.15) is 0 Å². The molecule has 0 aromatic heterocycles. The van der Waals surface area contributed by atoms with E-state index in [0.717, 1.165) is 18.6 Å². The Morgan fingerprint density at radius 3 is 2.50 bits per heavy atom. The van der Waals surface area contributed by atoms with E-state index in [2.05, 4.69) is 0 Å². The normalized spacial score (nSPS) is 16.7. The largest absolute Gasteiger partial charge is 0.327 e. The van der Waals surface area contributed by atoms with Gasteiger partial charge in [0.2, 0.25) is 0 Å². The molecule has 0 aliphatic carbocycles. The van der Waals surface area contributed by atoms with Gasteiger partial charge in [0.15, 0.2) is 0 Å². The van der Waals surface area contributed by atoms with Crippen molar-refractivity contribution in [2.75, 3.05) is 11.5 Å². The Morgan fingerprint density at radius 2 is 2.10 bits per heavy atom. The molecule has 0 aliphatic rings. The first kappa shape index (κ1) is 10.1. The van der Waals surface area contributed by atoms with Gasteiger partial charge in [-0.2, -0.15) is 0 Å². The molecular weight excluding hydrogens is 146 g/mol. The van der Waals surface area contributed by atoms with Crippen molar-refractivity contribution in [1.82, 2.24) is 0 Å². The van der Waals surface area contributed by atoms with Gasteiger partial charge in [-0.3, -0.25) is 4.21 Å². The zero-order valence-electron chi connectivity index (χ0n) is 6.80. The standard InChI is InChI=1S/C7H17NOS/c1-3-5-10(9)6-7(8)4-2/h7H,3-6,8H2,1-2H3. The maximum absolute atomic E-state index is 11.0. The van der Waals surface area contributed by atoms with Crippen LogP contribution in [0.4, 0.5) is 0 Å². The average molecular weight is 163 g/mol. The Hall–Kier alpha value is 0.110. The number of rotatable bonds is 5. The van der Waals surface area contributed by atoms with E-state index in [4.69, 9.17) is 5.73 Å². The monoisotopic (exact) mass is 163 g/mol. The molecule has 62 valence electrons. The van der Waals surface area contributed by atoms with Crippen LogP contribution in [0.2, 0.25) is 0 Å². The average Bonchev–Trinajstić information content (AvgIpc) is 1.88. The molecule has 0 spiro atoms. The van der Waals surface area contributed by atoms with Gasteiger partial charge in [-0.25, -0.2) is 0 Å². The van der Waals surface area contributed by atoms with E-state index < -0.39 is 10.8 Å². The molecular formula is C7H17NOS. The maximum Gasteiger partial charge on any atom is 0.0386 e. The minimum atomic E-state index is -0.675. The van der Waals surface area contributed by atoms with Crippen molar-refractivity contribution in [1.29, 1.82) is 0 Å². The topological polar surface area (TPSA) is 43.1 Å². The highest BCUT2D eigenvalue weighted by Gasteiger charge is 2.03. The first-order chi connectivity index (χ1) is 4.70. The Kier molecular flexibility index (Phi) is 5.93.